The number of aryl methyl sites for hydroxylation is 1. The van der Waals surface area contributed by atoms with Crippen molar-refractivity contribution < 1.29 is 9.53 Å². The Bertz CT molecular complexity index is 1310. The van der Waals surface area contributed by atoms with Gasteiger partial charge in [-0.15, -0.1) is 0 Å². The quantitative estimate of drug-likeness (QED) is 0.341. The number of para-hydroxylation sites is 1. The molecule has 2 aromatic carbocycles. The van der Waals surface area contributed by atoms with Crippen molar-refractivity contribution in [2.75, 3.05) is 32.9 Å². The van der Waals surface area contributed by atoms with Crippen molar-refractivity contribution in [3.63, 3.8) is 0 Å². The minimum Gasteiger partial charge on any atom is -0.457 e. The molecule has 8 nitrogen and oxygen atoms in total. The molecule has 0 radical (unpaired) electrons. The number of rotatable bonds is 10. The number of hydrogen-bond donors (Lipinski definition) is 2. The number of nitrogens with one attached hydrogen (secondary N) is 1. The Morgan fingerprint density at radius 3 is 2.44 bits per heavy atom. The summed E-state index contributed by atoms with van der Waals surface area (Å²) in [7, 11) is 4.07. The Labute approximate surface area is 212 Å². The minimum atomic E-state index is -0.00938. The van der Waals surface area contributed by atoms with Gasteiger partial charge in [0.05, 0.1) is 5.39 Å². The molecule has 0 atom stereocenters. The smallest absolute Gasteiger partial charge is 0.221 e. The Morgan fingerprint density at radius 1 is 1.06 bits per heavy atom. The van der Waals surface area contributed by atoms with Crippen LogP contribution in [0.3, 0.4) is 0 Å². The maximum absolute atomic E-state index is 12.6. The summed E-state index contributed by atoms with van der Waals surface area (Å²) in [5.74, 6) is 1.94. The van der Waals surface area contributed by atoms with Crippen molar-refractivity contribution in [2.45, 2.75) is 26.8 Å². The fourth-order valence-corrected chi connectivity index (χ4v) is 4.42. The molecule has 36 heavy (non-hydrogen) atoms. The van der Waals surface area contributed by atoms with E-state index in [1.807, 2.05) is 79.5 Å². The third kappa shape index (κ3) is 6.20. The van der Waals surface area contributed by atoms with E-state index in [1.165, 1.54) is 6.33 Å². The van der Waals surface area contributed by atoms with Gasteiger partial charge in [-0.1, -0.05) is 44.2 Å². The zero-order valence-corrected chi connectivity index (χ0v) is 21.4. The molecule has 0 spiro atoms. The Morgan fingerprint density at radius 2 is 1.75 bits per heavy atom. The molecule has 3 N–H and O–H groups in total. The van der Waals surface area contributed by atoms with Crippen LogP contribution >= 0.6 is 0 Å². The summed E-state index contributed by atoms with van der Waals surface area (Å²) in [5.41, 5.74) is 8.85. The summed E-state index contributed by atoms with van der Waals surface area (Å²) in [6.45, 7) is 6.30. The summed E-state index contributed by atoms with van der Waals surface area (Å²) in [6, 6.07) is 17.5. The van der Waals surface area contributed by atoms with E-state index in [1.54, 1.807) is 0 Å². The second kappa shape index (κ2) is 10.8. The van der Waals surface area contributed by atoms with E-state index < -0.39 is 0 Å². The SMILES string of the molecule is CN(C)CC(C)(C)CNC(=O)CCn1cc(-c2ccc(Oc3ccccc3)cc2)c2c(N)ncnc21. The van der Waals surface area contributed by atoms with Gasteiger partial charge in [-0.3, -0.25) is 4.79 Å². The molecular formula is C28H34N6O2. The molecule has 1 amide bonds. The van der Waals surface area contributed by atoms with Gasteiger partial charge >= 0.3 is 0 Å². The van der Waals surface area contributed by atoms with Crippen molar-refractivity contribution in [2.24, 2.45) is 5.41 Å². The molecule has 0 aliphatic carbocycles. The number of benzene rings is 2. The highest BCUT2D eigenvalue weighted by Gasteiger charge is 2.20. The lowest BCUT2D eigenvalue weighted by molar-refractivity contribution is -0.121. The lowest BCUT2D eigenvalue weighted by Gasteiger charge is -2.28. The zero-order valence-electron chi connectivity index (χ0n) is 21.4. The van der Waals surface area contributed by atoms with Crippen LogP contribution in [0.5, 0.6) is 11.5 Å². The molecular weight excluding hydrogens is 452 g/mol. The largest absolute Gasteiger partial charge is 0.457 e. The van der Waals surface area contributed by atoms with E-state index in [0.717, 1.165) is 34.6 Å². The zero-order chi connectivity index (χ0) is 25.7. The molecule has 0 unspecified atom stereocenters. The van der Waals surface area contributed by atoms with E-state index in [9.17, 15) is 4.79 Å². The number of nitrogens with zero attached hydrogens (tertiary/aromatic N) is 4. The van der Waals surface area contributed by atoms with E-state index in [2.05, 4.69) is 34.0 Å². The van der Waals surface area contributed by atoms with Gasteiger partial charge in [0.15, 0.2) is 0 Å². The molecule has 0 saturated heterocycles. The molecule has 2 heterocycles. The average Bonchev–Trinajstić information content (AvgIpc) is 3.22. The molecule has 8 heteroatoms. The van der Waals surface area contributed by atoms with Crippen molar-refractivity contribution >= 4 is 22.8 Å². The van der Waals surface area contributed by atoms with Crippen molar-refractivity contribution in [1.29, 1.82) is 0 Å². The van der Waals surface area contributed by atoms with Gasteiger partial charge in [0, 0.05) is 37.8 Å². The first-order valence-corrected chi connectivity index (χ1v) is 12.1. The minimum absolute atomic E-state index is 0.00896. The van der Waals surface area contributed by atoms with Crippen LogP contribution in [-0.4, -0.2) is 52.5 Å². The Balaban J connectivity index is 1.49. The van der Waals surface area contributed by atoms with Gasteiger partial charge in [-0.2, -0.15) is 0 Å². The highest BCUT2D eigenvalue weighted by Crippen LogP contribution is 2.34. The molecule has 0 bridgehead atoms. The first-order valence-electron chi connectivity index (χ1n) is 12.1. The Hall–Kier alpha value is -3.91. The topological polar surface area (TPSA) is 98.3 Å². The number of nitrogens with two attached hydrogens (primary N) is 1. The molecule has 188 valence electrons. The van der Waals surface area contributed by atoms with Crippen LogP contribution < -0.4 is 15.8 Å². The first kappa shape index (κ1) is 25.2. The maximum atomic E-state index is 12.6. The van der Waals surface area contributed by atoms with Crippen LogP contribution in [0, 0.1) is 5.41 Å². The van der Waals surface area contributed by atoms with Gasteiger partial charge in [-0.25, -0.2) is 9.97 Å². The molecule has 4 aromatic rings. The van der Waals surface area contributed by atoms with Crippen molar-refractivity contribution in [3.05, 3.63) is 67.1 Å². The first-order chi connectivity index (χ1) is 17.2. The van der Waals surface area contributed by atoms with E-state index in [4.69, 9.17) is 10.5 Å². The molecule has 0 fully saturated rings. The van der Waals surface area contributed by atoms with E-state index in [0.29, 0.717) is 31.0 Å². The normalized spacial score (nSPS) is 11.7. The standard InChI is InChI=1S/C28H34N6O2/c1-28(2,18-33(3)4)17-30-24(35)14-15-34-16-23(25-26(29)31-19-32-27(25)34)20-10-12-22(13-11-20)36-21-8-6-5-7-9-21/h5-13,16,19H,14-15,17-18H2,1-4H3,(H,30,35)(H2,29,31,32). The highest BCUT2D eigenvalue weighted by atomic mass is 16.5. The van der Waals surface area contributed by atoms with Crippen LogP contribution in [0.25, 0.3) is 22.2 Å². The third-order valence-corrected chi connectivity index (χ3v) is 5.92. The predicted octanol–water partition coefficient (Wildman–Crippen LogP) is 4.57. The number of carbonyl (C=O) groups excluding carboxylic acids is 1. The molecule has 0 aliphatic rings. The molecule has 2 aromatic heterocycles. The average molecular weight is 487 g/mol. The molecule has 0 aliphatic heterocycles. The monoisotopic (exact) mass is 486 g/mol. The fourth-order valence-electron chi connectivity index (χ4n) is 4.42. The summed E-state index contributed by atoms with van der Waals surface area (Å²) in [4.78, 5) is 23.4. The summed E-state index contributed by atoms with van der Waals surface area (Å²) in [5, 5.41) is 3.85. The number of fused-ring (bicyclic) bond motifs is 1. The Kier molecular flexibility index (Phi) is 7.55. The predicted molar refractivity (Wildman–Crippen MR) is 144 cm³/mol. The number of aromatic nitrogens is 3. The fraction of sp³-hybridized carbons (Fsp3) is 0.321. The van der Waals surface area contributed by atoms with Gasteiger partial charge in [-0.05, 0) is 49.3 Å². The second-order valence-corrected chi connectivity index (χ2v) is 10.1. The van der Waals surface area contributed by atoms with E-state index in [-0.39, 0.29) is 11.3 Å². The van der Waals surface area contributed by atoms with Gasteiger partial charge in [0.2, 0.25) is 5.91 Å². The summed E-state index contributed by atoms with van der Waals surface area (Å²) >= 11 is 0. The summed E-state index contributed by atoms with van der Waals surface area (Å²) in [6.07, 6.45) is 3.79. The lowest BCUT2D eigenvalue weighted by Crippen LogP contribution is -2.40. The van der Waals surface area contributed by atoms with Crippen molar-refractivity contribution in [1.82, 2.24) is 24.8 Å². The van der Waals surface area contributed by atoms with Gasteiger partial charge in [0.25, 0.3) is 0 Å². The second-order valence-electron chi connectivity index (χ2n) is 10.1. The number of amides is 1. The summed E-state index contributed by atoms with van der Waals surface area (Å²) < 4.78 is 7.89. The van der Waals surface area contributed by atoms with Gasteiger partial charge in [0.1, 0.15) is 29.3 Å². The van der Waals surface area contributed by atoms with Gasteiger partial charge < -0.3 is 25.3 Å². The van der Waals surface area contributed by atoms with Crippen LogP contribution in [0.2, 0.25) is 0 Å². The number of ether oxygens (including phenoxy) is 1. The van der Waals surface area contributed by atoms with Crippen LogP contribution in [0.1, 0.15) is 20.3 Å². The number of anilines is 1. The van der Waals surface area contributed by atoms with Crippen LogP contribution in [0.15, 0.2) is 67.1 Å². The third-order valence-electron chi connectivity index (χ3n) is 5.92. The van der Waals surface area contributed by atoms with Crippen molar-refractivity contribution in [3.8, 4) is 22.6 Å². The number of hydrogen-bond acceptors (Lipinski definition) is 6. The number of carbonyl (C=O) groups is 1. The highest BCUT2D eigenvalue weighted by molar-refractivity contribution is 6.00. The molecule has 4 rings (SSSR count). The van der Waals surface area contributed by atoms with E-state index >= 15 is 0 Å². The molecule has 0 saturated carbocycles. The maximum Gasteiger partial charge on any atom is 0.221 e. The van der Waals surface area contributed by atoms with Crippen LogP contribution in [-0.2, 0) is 11.3 Å². The number of nitrogen functional groups attached to an aromatic ring is 1. The van der Waals surface area contributed by atoms with Crippen LogP contribution in [0.4, 0.5) is 5.82 Å². The lowest BCUT2D eigenvalue weighted by atomic mass is 9.93.